The third-order valence-electron chi connectivity index (χ3n) is 4.68. The Kier molecular flexibility index (Phi) is 3.99. The molecule has 0 radical (unpaired) electrons. The third-order valence-corrected chi connectivity index (χ3v) is 4.68. The summed E-state index contributed by atoms with van der Waals surface area (Å²) < 4.78 is 0. The van der Waals surface area contributed by atoms with Crippen molar-refractivity contribution in [1.29, 1.82) is 0 Å². The van der Waals surface area contributed by atoms with Gasteiger partial charge in [0.2, 0.25) is 0 Å². The van der Waals surface area contributed by atoms with Crippen LogP contribution in [0, 0.1) is 19.8 Å². The maximum atomic E-state index is 4.99. The van der Waals surface area contributed by atoms with Crippen LogP contribution in [0.25, 0.3) is 10.9 Å². The molecule has 3 rings (SSSR count). The highest BCUT2D eigenvalue weighted by Crippen LogP contribution is 2.32. The Morgan fingerprint density at radius 1 is 1.19 bits per heavy atom. The molecule has 1 heterocycles. The molecule has 2 aromatic rings. The van der Waals surface area contributed by atoms with Gasteiger partial charge in [-0.2, -0.15) is 0 Å². The summed E-state index contributed by atoms with van der Waals surface area (Å²) in [4.78, 5) is 4.99. The van der Waals surface area contributed by atoms with E-state index >= 15 is 0 Å². The van der Waals surface area contributed by atoms with Crippen LogP contribution >= 0.6 is 0 Å². The van der Waals surface area contributed by atoms with E-state index in [1.165, 1.54) is 51.7 Å². The van der Waals surface area contributed by atoms with Crippen molar-refractivity contribution in [1.82, 2.24) is 10.3 Å². The van der Waals surface area contributed by atoms with E-state index < -0.39 is 0 Å². The fourth-order valence-electron chi connectivity index (χ4n) is 3.35. The van der Waals surface area contributed by atoms with Crippen molar-refractivity contribution in [3.8, 4) is 0 Å². The second-order valence-electron chi connectivity index (χ2n) is 6.80. The monoisotopic (exact) mass is 282 g/mol. The summed E-state index contributed by atoms with van der Waals surface area (Å²) in [7, 11) is 0. The standard InChI is InChI=1S/C19H26N2/c1-12(2)10-20-11-17-15-6-5-7-18(15)21-19-14(4)13(3)8-9-16(17)19/h8-9,12,20H,5-7,10-11H2,1-4H3. The Hall–Kier alpha value is -1.41. The lowest BCUT2D eigenvalue weighted by molar-refractivity contribution is 0.552. The SMILES string of the molecule is Cc1ccc2c(CNCC(C)C)c3c(nc2c1C)CCC3. The molecule has 1 N–H and O–H groups in total. The van der Waals surface area contributed by atoms with E-state index in [9.17, 15) is 0 Å². The average molecular weight is 282 g/mol. The minimum Gasteiger partial charge on any atom is -0.312 e. The first-order chi connectivity index (χ1) is 10.1. The summed E-state index contributed by atoms with van der Waals surface area (Å²) in [5.41, 5.74) is 8.26. The lowest BCUT2D eigenvalue weighted by Gasteiger charge is -2.16. The van der Waals surface area contributed by atoms with Crippen LogP contribution in [0.1, 0.15) is 48.2 Å². The fourth-order valence-corrected chi connectivity index (χ4v) is 3.35. The molecule has 0 fully saturated rings. The molecule has 0 atom stereocenters. The highest BCUT2D eigenvalue weighted by atomic mass is 14.9. The molecule has 0 spiro atoms. The van der Waals surface area contributed by atoms with E-state index in [4.69, 9.17) is 4.98 Å². The van der Waals surface area contributed by atoms with Crippen LogP contribution in [0.3, 0.4) is 0 Å². The van der Waals surface area contributed by atoms with E-state index in [1.54, 1.807) is 0 Å². The Labute approximate surface area is 128 Å². The van der Waals surface area contributed by atoms with Crippen LogP contribution in [0.5, 0.6) is 0 Å². The summed E-state index contributed by atoms with van der Waals surface area (Å²) in [6, 6.07) is 4.52. The van der Waals surface area contributed by atoms with Gasteiger partial charge in [0.15, 0.2) is 0 Å². The number of hydrogen-bond donors (Lipinski definition) is 1. The zero-order valence-corrected chi connectivity index (χ0v) is 13.7. The van der Waals surface area contributed by atoms with Crippen molar-refractivity contribution in [3.05, 3.63) is 40.1 Å². The molecule has 112 valence electrons. The van der Waals surface area contributed by atoms with Crippen LogP contribution < -0.4 is 5.32 Å². The number of nitrogens with zero attached hydrogens (tertiary/aromatic N) is 1. The molecule has 0 saturated heterocycles. The van der Waals surface area contributed by atoms with Crippen molar-refractivity contribution < 1.29 is 0 Å². The van der Waals surface area contributed by atoms with Gasteiger partial charge < -0.3 is 5.32 Å². The lowest BCUT2D eigenvalue weighted by Crippen LogP contribution is -2.20. The summed E-state index contributed by atoms with van der Waals surface area (Å²) in [6.45, 7) is 11.0. The Morgan fingerprint density at radius 3 is 2.76 bits per heavy atom. The molecule has 2 nitrogen and oxygen atoms in total. The third kappa shape index (κ3) is 2.69. The van der Waals surface area contributed by atoms with Crippen molar-refractivity contribution in [2.24, 2.45) is 5.92 Å². The minimum atomic E-state index is 0.690. The van der Waals surface area contributed by atoms with Crippen LogP contribution in [0.4, 0.5) is 0 Å². The van der Waals surface area contributed by atoms with Crippen molar-refractivity contribution >= 4 is 10.9 Å². The van der Waals surface area contributed by atoms with Gasteiger partial charge in [0.05, 0.1) is 5.52 Å². The predicted molar refractivity (Wildman–Crippen MR) is 89.8 cm³/mol. The minimum absolute atomic E-state index is 0.690. The van der Waals surface area contributed by atoms with Crippen LogP contribution in [0.15, 0.2) is 12.1 Å². The van der Waals surface area contributed by atoms with Gasteiger partial charge in [-0.1, -0.05) is 26.0 Å². The number of nitrogens with one attached hydrogen (secondary N) is 1. The first-order valence-electron chi connectivity index (χ1n) is 8.19. The predicted octanol–water partition coefficient (Wildman–Crippen LogP) is 4.09. The van der Waals surface area contributed by atoms with Gasteiger partial charge >= 0.3 is 0 Å². The van der Waals surface area contributed by atoms with Gasteiger partial charge in [-0.05, 0) is 67.8 Å². The largest absolute Gasteiger partial charge is 0.312 e. The maximum Gasteiger partial charge on any atom is 0.0740 e. The quantitative estimate of drug-likeness (QED) is 0.913. The summed E-state index contributed by atoms with van der Waals surface area (Å²) in [5, 5.41) is 4.99. The molecule has 1 aromatic heterocycles. The Morgan fingerprint density at radius 2 is 2.00 bits per heavy atom. The van der Waals surface area contributed by atoms with E-state index in [0.717, 1.165) is 19.5 Å². The van der Waals surface area contributed by atoms with Crippen molar-refractivity contribution in [2.75, 3.05) is 6.54 Å². The molecule has 0 aliphatic heterocycles. The zero-order chi connectivity index (χ0) is 15.0. The molecule has 0 saturated carbocycles. The number of rotatable bonds is 4. The summed E-state index contributed by atoms with van der Waals surface area (Å²) >= 11 is 0. The van der Waals surface area contributed by atoms with E-state index in [-0.39, 0.29) is 0 Å². The molecule has 2 heteroatoms. The second kappa shape index (κ2) is 5.76. The van der Waals surface area contributed by atoms with Crippen molar-refractivity contribution in [3.63, 3.8) is 0 Å². The topological polar surface area (TPSA) is 24.9 Å². The van der Waals surface area contributed by atoms with Crippen LogP contribution in [-0.2, 0) is 19.4 Å². The van der Waals surface area contributed by atoms with E-state index in [2.05, 4.69) is 45.1 Å². The number of benzene rings is 1. The molecule has 1 aromatic carbocycles. The number of fused-ring (bicyclic) bond motifs is 2. The molecule has 0 amide bonds. The molecule has 1 aliphatic rings. The van der Waals surface area contributed by atoms with Gasteiger partial charge in [-0.3, -0.25) is 4.98 Å². The molecule has 1 aliphatic carbocycles. The Bertz CT molecular complexity index is 671. The average Bonchev–Trinajstić information content (AvgIpc) is 2.90. The molecular weight excluding hydrogens is 256 g/mol. The second-order valence-corrected chi connectivity index (χ2v) is 6.80. The highest BCUT2D eigenvalue weighted by molar-refractivity contribution is 5.87. The maximum absolute atomic E-state index is 4.99. The number of aromatic nitrogens is 1. The molecule has 0 bridgehead atoms. The van der Waals surface area contributed by atoms with E-state index in [1.807, 2.05) is 0 Å². The van der Waals surface area contributed by atoms with E-state index in [0.29, 0.717) is 5.92 Å². The first-order valence-corrected chi connectivity index (χ1v) is 8.19. The molecule has 21 heavy (non-hydrogen) atoms. The van der Waals surface area contributed by atoms with Gasteiger partial charge in [-0.15, -0.1) is 0 Å². The van der Waals surface area contributed by atoms with Crippen LogP contribution in [0.2, 0.25) is 0 Å². The smallest absolute Gasteiger partial charge is 0.0740 e. The van der Waals surface area contributed by atoms with Gasteiger partial charge in [0, 0.05) is 17.6 Å². The number of aryl methyl sites for hydroxylation is 3. The highest BCUT2D eigenvalue weighted by Gasteiger charge is 2.20. The lowest BCUT2D eigenvalue weighted by atomic mass is 9.97. The van der Waals surface area contributed by atoms with Gasteiger partial charge in [-0.25, -0.2) is 0 Å². The summed E-state index contributed by atoms with van der Waals surface area (Å²) in [6.07, 6.45) is 3.60. The fraction of sp³-hybridized carbons (Fsp3) is 0.526. The Balaban J connectivity index is 2.09. The zero-order valence-electron chi connectivity index (χ0n) is 13.7. The number of pyridine rings is 1. The molecule has 0 unspecified atom stereocenters. The normalized spacial score (nSPS) is 14.1. The first kappa shape index (κ1) is 14.5. The van der Waals surface area contributed by atoms with Crippen LogP contribution in [-0.4, -0.2) is 11.5 Å². The van der Waals surface area contributed by atoms with Crippen molar-refractivity contribution in [2.45, 2.75) is 53.5 Å². The van der Waals surface area contributed by atoms with Gasteiger partial charge in [0.25, 0.3) is 0 Å². The summed E-state index contributed by atoms with van der Waals surface area (Å²) in [5.74, 6) is 0.690. The number of hydrogen-bond acceptors (Lipinski definition) is 2. The molecular formula is C19H26N2. The van der Waals surface area contributed by atoms with Gasteiger partial charge in [0.1, 0.15) is 0 Å².